The lowest BCUT2D eigenvalue weighted by atomic mass is 10.1. The Balaban J connectivity index is 1.78. The summed E-state index contributed by atoms with van der Waals surface area (Å²) in [6, 6.07) is 0.460. The summed E-state index contributed by atoms with van der Waals surface area (Å²) in [7, 11) is 0. The molecule has 0 bridgehead atoms. The van der Waals surface area contributed by atoms with Crippen molar-refractivity contribution in [3.63, 3.8) is 0 Å². The highest BCUT2D eigenvalue weighted by molar-refractivity contribution is 5.82. The number of rotatable bonds is 3. The molecule has 0 aromatic carbocycles. The minimum absolute atomic E-state index is 0.0159. The Morgan fingerprint density at radius 3 is 3.22 bits per heavy atom. The molecule has 3 rings (SSSR count). The number of piperazine rings is 1. The number of hydrogen-bond acceptors (Lipinski definition) is 5. The number of ether oxygens (including phenoxy) is 1. The summed E-state index contributed by atoms with van der Waals surface area (Å²) in [6.07, 6.45) is 1.80. The summed E-state index contributed by atoms with van der Waals surface area (Å²) in [5, 5.41) is 14.4. The highest BCUT2D eigenvalue weighted by Gasteiger charge is 2.32. The van der Waals surface area contributed by atoms with Gasteiger partial charge in [0.25, 0.3) is 0 Å². The smallest absolute Gasteiger partial charge is 0.317 e. The predicted octanol–water partition coefficient (Wildman–Crippen LogP) is -0.400. The van der Waals surface area contributed by atoms with Crippen LogP contribution in [0.15, 0.2) is 0 Å². The average Bonchev–Trinajstić information content (AvgIpc) is 2.94. The molecule has 1 aromatic heterocycles. The lowest BCUT2D eigenvalue weighted by molar-refractivity contribution is -0.125. The second-order valence-corrected chi connectivity index (χ2v) is 4.65. The van der Waals surface area contributed by atoms with Crippen LogP contribution in [0.25, 0.3) is 0 Å². The van der Waals surface area contributed by atoms with E-state index in [4.69, 9.17) is 4.74 Å². The van der Waals surface area contributed by atoms with E-state index in [2.05, 4.69) is 27.8 Å². The number of amides is 1. The quantitative estimate of drug-likeness (QED) is 0.764. The van der Waals surface area contributed by atoms with Crippen LogP contribution in [0, 0.1) is 0 Å². The highest BCUT2D eigenvalue weighted by atomic mass is 16.5. The van der Waals surface area contributed by atoms with Gasteiger partial charge in [-0.05, 0) is 6.42 Å². The van der Waals surface area contributed by atoms with Crippen LogP contribution in [-0.2, 0) is 11.3 Å². The van der Waals surface area contributed by atoms with Crippen LogP contribution in [0.4, 0.5) is 0 Å². The van der Waals surface area contributed by atoms with Crippen molar-refractivity contribution in [3.05, 3.63) is 5.82 Å². The summed E-state index contributed by atoms with van der Waals surface area (Å²) in [5.41, 5.74) is 0. The molecule has 0 saturated carbocycles. The number of hydrogen-bond donors (Lipinski definition) is 2. The molecule has 0 radical (unpaired) electrons. The Bertz CT molecular complexity index is 458. The van der Waals surface area contributed by atoms with Crippen LogP contribution >= 0.6 is 0 Å². The van der Waals surface area contributed by atoms with Crippen molar-refractivity contribution in [1.82, 2.24) is 25.4 Å². The topological polar surface area (TPSA) is 81.1 Å². The number of aromatic nitrogens is 3. The van der Waals surface area contributed by atoms with Gasteiger partial charge in [0.2, 0.25) is 5.91 Å². The summed E-state index contributed by atoms with van der Waals surface area (Å²) < 4.78 is 7.31. The lowest BCUT2D eigenvalue weighted by Crippen LogP contribution is -2.54. The van der Waals surface area contributed by atoms with Crippen LogP contribution in [0.1, 0.15) is 31.6 Å². The number of nitrogens with zero attached hydrogens (tertiary/aromatic N) is 3. The fourth-order valence-corrected chi connectivity index (χ4v) is 2.48. The SMILES string of the molecule is CCCC1NC(c2nnc3n2CCO3)CNC1=O. The van der Waals surface area contributed by atoms with Crippen molar-refractivity contribution in [3.8, 4) is 6.01 Å². The van der Waals surface area contributed by atoms with E-state index < -0.39 is 0 Å². The van der Waals surface area contributed by atoms with Gasteiger partial charge in [-0.15, -0.1) is 5.10 Å². The number of carbonyl (C=O) groups is 1. The molecule has 2 aliphatic heterocycles. The van der Waals surface area contributed by atoms with Crippen molar-refractivity contribution >= 4 is 5.91 Å². The van der Waals surface area contributed by atoms with Gasteiger partial charge in [0, 0.05) is 6.54 Å². The second kappa shape index (κ2) is 4.56. The van der Waals surface area contributed by atoms with E-state index in [1.165, 1.54) is 0 Å². The van der Waals surface area contributed by atoms with Gasteiger partial charge < -0.3 is 10.1 Å². The molecular weight excluding hydrogens is 234 g/mol. The van der Waals surface area contributed by atoms with Gasteiger partial charge in [-0.25, -0.2) is 0 Å². The maximum Gasteiger partial charge on any atom is 0.317 e. The molecule has 7 nitrogen and oxygen atoms in total. The maximum atomic E-state index is 11.7. The van der Waals surface area contributed by atoms with Crippen molar-refractivity contribution in [2.75, 3.05) is 13.2 Å². The Morgan fingerprint density at radius 2 is 2.39 bits per heavy atom. The summed E-state index contributed by atoms with van der Waals surface area (Å²) in [6.45, 7) is 4.05. The van der Waals surface area contributed by atoms with E-state index in [0.29, 0.717) is 19.2 Å². The second-order valence-electron chi connectivity index (χ2n) is 4.65. The Labute approximate surface area is 105 Å². The van der Waals surface area contributed by atoms with E-state index in [1.54, 1.807) is 0 Å². The molecule has 98 valence electrons. The van der Waals surface area contributed by atoms with Crippen LogP contribution in [0.3, 0.4) is 0 Å². The molecule has 18 heavy (non-hydrogen) atoms. The maximum absolute atomic E-state index is 11.7. The lowest BCUT2D eigenvalue weighted by Gasteiger charge is -2.30. The normalized spacial score (nSPS) is 26.6. The first-order valence-electron chi connectivity index (χ1n) is 6.39. The zero-order valence-corrected chi connectivity index (χ0v) is 10.3. The van der Waals surface area contributed by atoms with Gasteiger partial charge in [0.1, 0.15) is 6.61 Å². The molecule has 2 atom stereocenters. The monoisotopic (exact) mass is 251 g/mol. The molecule has 1 aromatic rings. The fraction of sp³-hybridized carbons (Fsp3) is 0.727. The molecule has 1 amide bonds. The van der Waals surface area contributed by atoms with Gasteiger partial charge in [0.05, 0.1) is 18.6 Å². The fourth-order valence-electron chi connectivity index (χ4n) is 2.48. The van der Waals surface area contributed by atoms with E-state index in [0.717, 1.165) is 25.2 Å². The number of carbonyl (C=O) groups excluding carboxylic acids is 1. The van der Waals surface area contributed by atoms with Gasteiger partial charge >= 0.3 is 6.01 Å². The molecule has 1 fully saturated rings. The molecule has 2 aliphatic rings. The summed E-state index contributed by atoms with van der Waals surface area (Å²) in [4.78, 5) is 11.7. The van der Waals surface area contributed by atoms with Gasteiger partial charge in [-0.1, -0.05) is 18.4 Å². The van der Waals surface area contributed by atoms with E-state index in [9.17, 15) is 4.79 Å². The minimum atomic E-state index is -0.135. The molecule has 3 heterocycles. The van der Waals surface area contributed by atoms with Crippen molar-refractivity contribution < 1.29 is 9.53 Å². The van der Waals surface area contributed by atoms with E-state index in [-0.39, 0.29) is 18.0 Å². The predicted molar refractivity (Wildman–Crippen MR) is 63.1 cm³/mol. The zero-order chi connectivity index (χ0) is 12.5. The Hall–Kier alpha value is -1.63. The molecule has 0 aliphatic carbocycles. The summed E-state index contributed by atoms with van der Waals surface area (Å²) >= 11 is 0. The zero-order valence-electron chi connectivity index (χ0n) is 10.3. The third-order valence-electron chi connectivity index (χ3n) is 3.38. The van der Waals surface area contributed by atoms with Crippen LogP contribution < -0.4 is 15.4 Å². The molecule has 2 N–H and O–H groups in total. The molecule has 7 heteroatoms. The molecular formula is C11H17N5O2. The third-order valence-corrected chi connectivity index (χ3v) is 3.38. The van der Waals surface area contributed by atoms with Crippen LogP contribution in [0.5, 0.6) is 6.01 Å². The molecule has 2 unspecified atom stereocenters. The van der Waals surface area contributed by atoms with E-state index in [1.807, 2.05) is 4.57 Å². The van der Waals surface area contributed by atoms with Crippen LogP contribution in [-0.4, -0.2) is 39.9 Å². The standard InChI is InChI=1S/C11H17N5O2/c1-2-3-7-10(17)12-6-8(13-7)9-14-15-11-16(9)4-5-18-11/h7-8,13H,2-6H2,1H3,(H,12,17). The Kier molecular flexibility index (Phi) is 2.91. The molecule has 1 saturated heterocycles. The van der Waals surface area contributed by atoms with E-state index >= 15 is 0 Å². The first-order chi connectivity index (χ1) is 8.79. The van der Waals surface area contributed by atoms with Crippen molar-refractivity contribution in [2.24, 2.45) is 0 Å². The van der Waals surface area contributed by atoms with Crippen molar-refractivity contribution in [2.45, 2.75) is 38.4 Å². The number of nitrogens with one attached hydrogen (secondary N) is 2. The number of fused-ring (bicyclic) bond motifs is 1. The van der Waals surface area contributed by atoms with Crippen LogP contribution in [0.2, 0.25) is 0 Å². The van der Waals surface area contributed by atoms with Gasteiger partial charge in [0.15, 0.2) is 5.82 Å². The first-order valence-corrected chi connectivity index (χ1v) is 6.39. The Morgan fingerprint density at radius 1 is 1.50 bits per heavy atom. The summed E-state index contributed by atoms with van der Waals surface area (Å²) in [5.74, 6) is 0.925. The first kappa shape index (κ1) is 11.5. The van der Waals surface area contributed by atoms with Gasteiger partial charge in [-0.3, -0.25) is 14.7 Å². The molecule has 0 spiro atoms. The highest BCUT2D eigenvalue weighted by Crippen LogP contribution is 2.22. The minimum Gasteiger partial charge on any atom is -0.462 e. The van der Waals surface area contributed by atoms with Gasteiger partial charge in [-0.2, -0.15) is 0 Å². The third kappa shape index (κ3) is 1.84. The average molecular weight is 251 g/mol. The largest absolute Gasteiger partial charge is 0.462 e. The van der Waals surface area contributed by atoms with Crippen molar-refractivity contribution in [1.29, 1.82) is 0 Å².